The molecule has 0 aliphatic carbocycles. The van der Waals surface area contributed by atoms with Crippen LogP contribution in [-0.2, 0) is 0 Å². The molecular formula is C14H10ClIO2. The summed E-state index contributed by atoms with van der Waals surface area (Å²) in [6.45, 7) is 1.49. The summed E-state index contributed by atoms with van der Waals surface area (Å²) in [4.78, 5) is 11.2. The highest BCUT2D eigenvalue weighted by Crippen LogP contribution is 2.27. The monoisotopic (exact) mass is 372 g/mol. The van der Waals surface area contributed by atoms with Crippen LogP contribution in [-0.4, -0.2) is 5.78 Å². The van der Waals surface area contributed by atoms with Crippen molar-refractivity contribution in [3.05, 3.63) is 56.6 Å². The van der Waals surface area contributed by atoms with Crippen molar-refractivity contribution >= 4 is 40.0 Å². The van der Waals surface area contributed by atoms with Gasteiger partial charge in [-0.15, -0.1) is 0 Å². The van der Waals surface area contributed by atoms with Crippen LogP contribution >= 0.6 is 34.2 Å². The van der Waals surface area contributed by atoms with Crippen LogP contribution in [0.25, 0.3) is 0 Å². The van der Waals surface area contributed by atoms with Gasteiger partial charge in [0, 0.05) is 15.2 Å². The predicted molar refractivity (Wildman–Crippen MR) is 80.7 cm³/mol. The van der Waals surface area contributed by atoms with Gasteiger partial charge in [0.2, 0.25) is 0 Å². The second-order valence-electron chi connectivity index (χ2n) is 3.75. The van der Waals surface area contributed by atoms with Crippen molar-refractivity contribution in [1.82, 2.24) is 0 Å². The van der Waals surface area contributed by atoms with Gasteiger partial charge in [-0.25, -0.2) is 0 Å². The molecule has 2 nitrogen and oxygen atoms in total. The van der Waals surface area contributed by atoms with Crippen LogP contribution in [0.15, 0.2) is 42.5 Å². The van der Waals surface area contributed by atoms with E-state index in [2.05, 4.69) is 22.6 Å². The minimum atomic E-state index is -0.0548. The summed E-state index contributed by atoms with van der Waals surface area (Å²) in [5.74, 6) is 1.30. The Bertz CT molecular complexity index is 579. The summed E-state index contributed by atoms with van der Waals surface area (Å²) in [5, 5.41) is 0.408. The van der Waals surface area contributed by atoms with E-state index in [-0.39, 0.29) is 5.78 Å². The number of carbonyl (C=O) groups is 1. The molecule has 0 aliphatic heterocycles. The summed E-state index contributed by atoms with van der Waals surface area (Å²) >= 11 is 8.24. The third-order valence-corrected chi connectivity index (χ3v) is 3.40. The van der Waals surface area contributed by atoms with Gasteiger partial charge < -0.3 is 4.74 Å². The van der Waals surface area contributed by atoms with Crippen molar-refractivity contribution in [2.75, 3.05) is 0 Å². The van der Waals surface area contributed by atoms with Crippen LogP contribution in [0.1, 0.15) is 17.3 Å². The van der Waals surface area contributed by atoms with Gasteiger partial charge in [-0.1, -0.05) is 11.6 Å². The molecule has 0 saturated heterocycles. The summed E-state index contributed by atoms with van der Waals surface area (Å²) < 4.78 is 6.79. The first-order valence-electron chi connectivity index (χ1n) is 5.30. The SMILES string of the molecule is CC(=O)c1ccc(Oc2ccc(I)cc2)cc1Cl. The Morgan fingerprint density at radius 1 is 1.11 bits per heavy atom. The van der Waals surface area contributed by atoms with E-state index >= 15 is 0 Å². The summed E-state index contributed by atoms with van der Waals surface area (Å²) in [6.07, 6.45) is 0. The highest BCUT2D eigenvalue weighted by atomic mass is 127. The van der Waals surface area contributed by atoms with E-state index in [4.69, 9.17) is 16.3 Å². The van der Waals surface area contributed by atoms with Crippen LogP contribution in [0.4, 0.5) is 0 Å². The third-order valence-electron chi connectivity index (χ3n) is 2.37. The number of rotatable bonds is 3. The molecule has 0 aliphatic rings. The number of benzene rings is 2. The van der Waals surface area contributed by atoms with E-state index in [1.807, 2.05) is 24.3 Å². The minimum absolute atomic E-state index is 0.0548. The maximum atomic E-state index is 11.2. The highest BCUT2D eigenvalue weighted by molar-refractivity contribution is 14.1. The zero-order chi connectivity index (χ0) is 13.1. The number of hydrogen-bond donors (Lipinski definition) is 0. The van der Waals surface area contributed by atoms with Crippen molar-refractivity contribution in [3.8, 4) is 11.5 Å². The fraction of sp³-hybridized carbons (Fsp3) is 0.0714. The summed E-state index contributed by atoms with van der Waals surface area (Å²) in [7, 11) is 0. The molecule has 2 aromatic rings. The van der Waals surface area contributed by atoms with E-state index in [9.17, 15) is 4.79 Å². The lowest BCUT2D eigenvalue weighted by atomic mass is 10.1. The number of Topliss-reactive ketones (excluding diaryl/α,β-unsaturated/α-hetero) is 1. The Morgan fingerprint density at radius 3 is 2.28 bits per heavy atom. The van der Waals surface area contributed by atoms with Gasteiger partial charge in [-0.2, -0.15) is 0 Å². The predicted octanol–water partition coefficient (Wildman–Crippen LogP) is 4.94. The summed E-state index contributed by atoms with van der Waals surface area (Å²) in [5.41, 5.74) is 0.506. The Kier molecular flexibility index (Phi) is 4.24. The number of halogens is 2. The molecule has 92 valence electrons. The van der Waals surface area contributed by atoms with Gasteiger partial charge in [-0.3, -0.25) is 4.79 Å². The van der Waals surface area contributed by atoms with E-state index < -0.39 is 0 Å². The number of hydrogen-bond acceptors (Lipinski definition) is 2. The molecule has 2 rings (SSSR count). The molecule has 0 saturated carbocycles. The first-order valence-corrected chi connectivity index (χ1v) is 6.76. The quantitative estimate of drug-likeness (QED) is 0.563. The van der Waals surface area contributed by atoms with E-state index in [1.165, 1.54) is 6.92 Å². The number of ketones is 1. The van der Waals surface area contributed by atoms with Crippen molar-refractivity contribution in [3.63, 3.8) is 0 Å². The maximum absolute atomic E-state index is 11.2. The molecule has 4 heteroatoms. The van der Waals surface area contributed by atoms with E-state index in [1.54, 1.807) is 18.2 Å². The van der Waals surface area contributed by atoms with Crippen LogP contribution in [0.5, 0.6) is 11.5 Å². The van der Waals surface area contributed by atoms with Crippen LogP contribution in [0.2, 0.25) is 5.02 Å². The Balaban J connectivity index is 2.22. The smallest absolute Gasteiger partial charge is 0.161 e. The Hall–Kier alpha value is -1.07. The first kappa shape index (κ1) is 13.4. The average Bonchev–Trinajstić information content (AvgIpc) is 2.32. The molecule has 0 heterocycles. The minimum Gasteiger partial charge on any atom is -0.457 e. The molecule has 0 fully saturated rings. The zero-order valence-corrected chi connectivity index (χ0v) is 12.5. The van der Waals surface area contributed by atoms with Crippen molar-refractivity contribution < 1.29 is 9.53 Å². The lowest BCUT2D eigenvalue weighted by Crippen LogP contribution is -1.93. The Labute approximate surface area is 124 Å². The topological polar surface area (TPSA) is 26.3 Å². The van der Waals surface area contributed by atoms with Crippen LogP contribution in [0.3, 0.4) is 0 Å². The standard InChI is InChI=1S/C14H10ClIO2/c1-9(17)13-7-6-12(8-14(13)15)18-11-4-2-10(16)3-5-11/h2-8H,1H3. The third kappa shape index (κ3) is 3.23. The van der Waals surface area contributed by atoms with Gasteiger partial charge in [0.25, 0.3) is 0 Å². The lowest BCUT2D eigenvalue weighted by Gasteiger charge is -2.07. The van der Waals surface area contributed by atoms with Crippen molar-refractivity contribution in [1.29, 1.82) is 0 Å². The molecular weight excluding hydrogens is 363 g/mol. The largest absolute Gasteiger partial charge is 0.457 e. The molecule has 0 amide bonds. The Morgan fingerprint density at radius 2 is 1.72 bits per heavy atom. The van der Waals surface area contributed by atoms with Crippen molar-refractivity contribution in [2.45, 2.75) is 6.92 Å². The molecule has 0 atom stereocenters. The fourth-order valence-electron chi connectivity index (χ4n) is 1.48. The van der Waals surface area contributed by atoms with Gasteiger partial charge in [0.1, 0.15) is 11.5 Å². The van der Waals surface area contributed by atoms with Crippen molar-refractivity contribution in [2.24, 2.45) is 0 Å². The molecule has 0 aromatic heterocycles. The summed E-state index contributed by atoms with van der Waals surface area (Å²) in [6, 6.07) is 12.7. The van der Waals surface area contributed by atoms with Gasteiger partial charge in [0.05, 0.1) is 5.02 Å². The normalized spacial score (nSPS) is 10.2. The molecule has 2 aromatic carbocycles. The second kappa shape index (κ2) is 5.71. The molecule has 0 unspecified atom stereocenters. The first-order chi connectivity index (χ1) is 8.56. The van der Waals surface area contributed by atoms with Crippen LogP contribution < -0.4 is 4.74 Å². The van der Waals surface area contributed by atoms with Crippen LogP contribution in [0, 0.1) is 3.57 Å². The van der Waals surface area contributed by atoms with E-state index in [0.29, 0.717) is 16.3 Å². The zero-order valence-electron chi connectivity index (χ0n) is 9.61. The highest BCUT2D eigenvalue weighted by Gasteiger charge is 2.07. The molecule has 0 bridgehead atoms. The molecule has 0 N–H and O–H groups in total. The number of carbonyl (C=O) groups excluding carboxylic acids is 1. The fourth-order valence-corrected chi connectivity index (χ4v) is 2.15. The lowest BCUT2D eigenvalue weighted by molar-refractivity contribution is 0.101. The van der Waals surface area contributed by atoms with Gasteiger partial charge >= 0.3 is 0 Å². The molecule has 0 radical (unpaired) electrons. The second-order valence-corrected chi connectivity index (χ2v) is 5.41. The molecule has 18 heavy (non-hydrogen) atoms. The average molecular weight is 373 g/mol. The van der Waals surface area contributed by atoms with Gasteiger partial charge in [-0.05, 0) is 65.9 Å². The maximum Gasteiger partial charge on any atom is 0.161 e. The van der Waals surface area contributed by atoms with E-state index in [0.717, 1.165) is 9.32 Å². The number of ether oxygens (including phenoxy) is 1. The van der Waals surface area contributed by atoms with Gasteiger partial charge in [0.15, 0.2) is 5.78 Å². The molecule has 0 spiro atoms.